The van der Waals surface area contributed by atoms with Gasteiger partial charge in [-0.25, -0.2) is 0 Å². The van der Waals surface area contributed by atoms with Gasteiger partial charge in [0, 0.05) is 0 Å². The summed E-state index contributed by atoms with van der Waals surface area (Å²) in [5, 5.41) is 12.2. The lowest BCUT2D eigenvalue weighted by atomic mass is 10.0. The summed E-state index contributed by atoms with van der Waals surface area (Å²) in [6.45, 7) is -0.169. The van der Waals surface area contributed by atoms with Crippen molar-refractivity contribution in [1.82, 2.24) is 5.32 Å². The van der Waals surface area contributed by atoms with Crippen molar-refractivity contribution in [3.8, 4) is 0 Å². The van der Waals surface area contributed by atoms with Crippen molar-refractivity contribution in [3.63, 3.8) is 0 Å². The average Bonchev–Trinajstić information content (AvgIpc) is 2.53. The number of hydrogen-bond donors (Lipinski definition) is 3. The minimum absolute atomic E-state index is 0.169. The number of aliphatic hydroxyl groups excluding tert-OH is 1. The fourth-order valence-corrected chi connectivity index (χ4v) is 1.99. The van der Waals surface area contributed by atoms with E-state index in [1.807, 2.05) is 48.5 Å². The standard InChI is InChI=1S/C16H18N2O2/c17-15(13-9-5-2-6-10-13)16(20)18-14(11-19)12-7-3-1-4-8-12/h1-10,14-15,19H,11,17H2,(H,18,20)/t14-,15+/m1/s1. The van der Waals surface area contributed by atoms with E-state index in [9.17, 15) is 9.90 Å². The van der Waals surface area contributed by atoms with Gasteiger partial charge in [0.2, 0.25) is 5.91 Å². The summed E-state index contributed by atoms with van der Waals surface area (Å²) < 4.78 is 0. The second-order valence-electron chi connectivity index (χ2n) is 4.54. The summed E-state index contributed by atoms with van der Waals surface area (Å²) in [6, 6.07) is 17.3. The third-order valence-electron chi connectivity index (χ3n) is 3.14. The zero-order valence-corrected chi connectivity index (χ0v) is 11.1. The molecule has 0 fully saturated rings. The largest absolute Gasteiger partial charge is 0.394 e. The molecule has 2 aromatic carbocycles. The lowest BCUT2D eigenvalue weighted by Gasteiger charge is -2.19. The molecule has 0 saturated carbocycles. The van der Waals surface area contributed by atoms with Gasteiger partial charge in [0.15, 0.2) is 0 Å². The van der Waals surface area contributed by atoms with E-state index in [2.05, 4.69) is 5.32 Å². The van der Waals surface area contributed by atoms with Crippen LogP contribution in [-0.4, -0.2) is 17.6 Å². The molecule has 0 spiro atoms. The fourth-order valence-electron chi connectivity index (χ4n) is 1.99. The summed E-state index contributed by atoms with van der Waals surface area (Å²) >= 11 is 0. The number of aliphatic hydroxyl groups is 1. The molecule has 0 aliphatic heterocycles. The van der Waals surface area contributed by atoms with Gasteiger partial charge in [-0.15, -0.1) is 0 Å². The topological polar surface area (TPSA) is 75.4 Å². The minimum Gasteiger partial charge on any atom is -0.394 e. The van der Waals surface area contributed by atoms with Crippen molar-refractivity contribution in [2.75, 3.05) is 6.61 Å². The predicted molar refractivity (Wildman–Crippen MR) is 77.8 cm³/mol. The molecular formula is C16H18N2O2. The van der Waals surface area contributed by atoms with Crippen LogP contribution in [0.4, 0.5) is 0 Å². The Bertz CT molecular complexity index is 543. The molecule has 0 aliphatic rings. The Morgan fingerprint density at radius 3 is 2.00 bits per heavy atom. The van der Waals surface area contributed by atoms with Crippen LogP contribution in [-0.2, 0) is 4.79 Å². The van der Waals surface area contributed by atoms with E-state index < -0.39 is 12.1 Å². The number of carbonyl (C=O) groups is 1. The number of hydrogen-bond acceptors (Lipinski definition) is 3. The normalized spacial score (nSPS) is 13.5. The van der Waals surface area contributed by atoms with Gasteiger partial charge >= 0.3 is 0 Å². The maximum Gasteiger partial charge on any atom is 0.242 e. The first-order valence-corrected chi connectivity index (χ1v) is 6.49. The van der Waals surface area contributed by atoms with Gasteiger partial charge < -0.3 is 16.2 Å². The fraction of sp³-hybridized carbons (Fsp3) is 0.188. The summed E-state index contributed by atoms with van der Waals surface area (Å²) in [4.78, 5) is 12.1. The van der Waals surface area contributed by atoms with Gasteiger partial charge in [0.05, 0.1) is 12.6 Å². The summed E-state index contributed by atoms with van der Waals surface area (Å²) in [5.41, 5.74) is 7.52. The van der Waals surface area contributed by atoms with Crippen LogP contribution in [0.1, 0.15) is 23.2 Å². The van der Waals surface area contributed by atoms with E-state index in [0.717, 1.165) is 11.1 Å². The van der Waals surface area contributed by atoms with Crippen molar-refractivity contribution in [2.24, 2.45) is 5.73 Å². The molecule has 2 atom stereocenters. The first-order chi connectivity index (χ1) is 9.72. The molecule has 0 bridgehead atoms. The zero-order chi connectivity index (χ0) is 14.4. The highest BCUT2D eigenvalue weighted by Crippen LogP contribution is 2.15. The quantitative estimate of drug-likeness (QED) is 0.771. The number of rotatable bonds is 5. The zero-order valence-electron chi connectivity index (χ0n) is 11.1. The van der Waals surface area contributed by atoms with E-state index in [1.165, 1.54) is 0 Å². The molecule has 4 N–H and O–H groups in total. The predicted octanol–water partition coefficient (Wildman–Crippen LogP) is 1.54. The molecule has 0 aliphatic carbocycles. The van der Waals surface area contributed by atoms with Gasteiger partial charge in [0.25, 0.3) is 0 Å². The van der Waals surface area contributed by atoms with Gasteiger partial charge in [-0.1, -0.05) is 60.7 Å². The Morgan fingerprint density at radius 1 is 1.00 bits per heavy atom. The molecule has 0 aromatic heterocycles. The molecule has 0 radical (unpaired) electrons. The van der Waals surface area contributed by atoms with Crippen LogP contribution in [0.15, 0.2) is 60.7 Å². The molecule has 104 valence electrons. The van der Waals surface area contributed by atoms with Gasteiger partial charge in [0.1, 0.15) is 6.04 Å². The van der Waals surface area contributed by atoms with Crippen LogP contribution in [0, 0.1) is 0 Å². The number of nitrogens with one attached hydrogen (secondary N) is 1. The highest BCUT2D eigenvalue weighted by molar-refractivity contribution is 5.83. The SMILES string of the molecule is N[C@H](C(=O)N[C@H](CO)c1ccccc1)c1ccccc1. The molecule has 0 heterocycles. The van der Waals surface area contributed by atoms with Gasteiger partial charge in [-0.05, 0) is 11.1 Å². The third kappa shape index (κ3) is 3.44. The highest BCUT2D eigenvalue weighted by atomic mass is 16.3. The first kappa shape index (κ1) is 14.2. The molecule has 4 heteroatoms. The Kier molecular flexibility index (Phi) is 4.87. The first-order valence-electron chi connectivity index (χ1n) is 6.49. The van der Waals surface area contributed by atoms with Crippen LogP contribution < -0.4 is 11.1 Å². The maximum atomic E-state index is 12.1. The second-order valence-corrected chi connectivity index (χ2v) is 4.54. The van der Waals surface area contributed by atoms with E-state index in [-0.39, 0.29) is 12.5 Å². The third-order valence-corrected chi connectivity index (χ3v) is 3.14. The molecule has 2 aromatic rings. The molecule has 2 rings (SSSR count). The number of amides is 1. The number of benzene rings is 2. The molecule has 1 amide bonds. The summed E-state index contributed by atoms with van der Waals surface area (Å²) in [5.74, 6) is -0.306. The Balaban J connectivity index is 2.06. The Labute approximate surface area is 118 Å². The molecule has 4 nitrogen and oxygen atoms in total. The minimum atomic E-state index is -0.742. The van der Waals surface area contributed by atoms with E-state index in [1.54, 1.807) is 12.1 Å². The van der Waals surface area contributed by atoms with E-state index in [0.29, 0.717) is 0 Å². The molecular weight excluding hydrogens is 252 g/mol. The van der Waals surface area contributed by atoms with Gasteiger partial charge in [-0.2, -0.15) is 0 Å². The highest BCUT2D eigenvalue weighted by Gasteiger charge is 2.19. The number of nitrogens with two attached hydrogens (primary N) is 1. The van der Waals surface area contributed by atoms with E-state index in [4.69, 9.17) is 5.73 Å². The maximum absolute atomic E-state index is 12.1. The van der Waals surface area contributed by atoms with Crippen LogP contribution >= 0.6 is 0 Å². The monoisotopic (exact) mass is 270 g/mol. The molecule has 0 saturated heterocycles. The van der Waals surface area contributed by atoms with Crippen LogP contribution in [0.3, 0.4) is 0 Å². The summed E-state index contributed by atoms with van der Waals surface area (Å²) in [6.07, 6.45) is 0. The lowest BCUT2D eigenvalue weighted by Crippen LogP contribution is -2.37. The Hall–Kier alpha value is -2.17. The van der Waals surface area contributed by atoms with Gasteiger partial charge in [-0.3, -0.25) is 4.79 Å². The summed E-state index contributed by atoms with van der Waals surface area (Å²) in [7, 11) is 0. The van der Waals surface area contributed by atoms with Crippen LogP contribution in [0.2, 0.25) is 0 Å². The number of carbonyl (C=O) groups excluding carboxylic acids is 1. The van der Waals surface area contributed by atoms with Crippen LogP contribution in [0.25, 0.3) is 0 Å². The van der Waals surface area contributed by atoms with Crippen molar-refractivity contribution in [1.29, 1.82) is 0 Å². The smallest absolute Gasteiger partial charge is 0.242 e. The van der Waals surface area contributed by atoms with Crippen molar-refractivity contribution in [2.45, 2.75) is 12.1 Å². The van der Waals surface area contributed by atoms with Crippen molar-refractivity contribution >= 4 is 5.91 Å². The average molecular weight is 270 g/mol. The Morgan fingerprint density at radius 2 is 1.50 bits per heavy atom. The lowest BCUT2D eigenvalue weighted by molar-refractivity contribution is -0.123. The molecule has 20 heavy (non-hydrogen) atoms. The molecule has 0 unspecified atom stereocenters. The van der Waals surface area contributed by atoms with Crippen molar-refractivity contribution < 1.29 is 9.90 Å². The van der Waals surface area contributed by atoms with Crippen LogP contribution in [0.5, 0.6) is 0 Å². The van der Waals surface area contributed by atoms with Crippen molar-refractivity contribution in [3.05, 3.63) is 71.8 Å². The van der Waals surface area contributed by atoms with E-state index >= 15 is 0 Å². The second kappa shape index (κ2) is 6.84.